The van der Waals surface area contributed by atoms with E-state index in [9.17, 15) is 0 Å². The summed E-state index contributed by atoms with van der Waals surface area (Å²) in [7, 11) is 0. The molecule has 3 N–H and O–H groups in total. The summed E-state index contributed by atoms with van der Waals surface area (Å²) in [5.41, 5.74) is 0. The van der Waals surface area contributed by atoms with Gasteiger partial charge in [-0.05, 0) is 25.9 Å². The van der Waals surface area contributed by atoms with Gasteiger partial charge in [-0.2, -0.15) is 0 Å². The maximum Gasteiger partial charge on any atom is 0.414 e. The quantitative estimate of drug-likeness (QED) is 0.537. The largest absolute Gasteiger partial charge is 0.473 e. The van der Waals surface area contributed by atoms with Crippen molar-refractivity contribution in [1.82, 2.24) is 5.32 Å². The Labute approximate surface area is 98.7 Å². The molecule has 0 spiro atoms. The smallest absolute Gasteiger partial charge is 0.414 e. The number of carbonyl (C=O) groups is 2. The van der Waals surface area contributed by atoms with E-state index in [0.717, 1.165) is 26.3 Å². The summed E-state index contributed by atoms with van der Waals surface area (Å²) in [5, 5.41) is 18.1. The van der Waals surface area contributed by atoms with E-state index < -0.39 is 11.9 Å². The summed E-state index contributed by atoms with van der Waals surface area (Å²) in [4.78, 5) is 18.2. The Bertz CT molecular complexity index is 246. The zero-order valence-corrected chi connectivity index (χ0v) is 9.42. The topological polar surface area (TPSA) is 105 Å². The van der Waals surface area contributed by atoms with Gasteiger partial charge >= 0.3 is 11.9 Å². The van der Waals surface area contributed by atoms with Crippen LogP contribution in [0.1, 0.15) is 12.8 Å². The first-order chi connectivity index (χ1) is 8.11. The Balaban J connectivity index is 0.000000209. The predicted molar refractivity (Wildman–Crippen MR) is 56.6 cm³/mol. The van der Waals surface area contributed by atoms with E-state index in [4.69, 9.17) is 29.3 Å². The van der Waals surface area contributed by atoms with Crippen LogP contribution in [0.15, 0.2) is 0 Å². The molecule has 0 aromatic rings. The number of carboxylic acid groups (broad SMARTS) is 2. The predicted octanol–water partition coefficient (Wildman–Crippen LogP) is -0.485. The van der Waals surface area contributed by atoms with Crippen LogP contribution in [0.25, 0.3) is 0 Å². The minimum absolute atomic E-state index is 0.108. The molecule has 0 amide bonds. The number of rotatable bonds is 1. The molecule has 0 aliphatic carbocycles. The molecule has 0 unspecified atom stereocenters. The Hall–Kier alpha value is -1.18. The second-order valence-corrected chi connectivity index (χ2v) is 3.81. The van der Waals surface area contributed by atoms with Crippen molar-refractivity contribution in [2.75, 3.05) is 26.3 Å². The van der Waals surface area contributed by atoms with Gasteiger partial charge in [-0.1, -0.05) is 0 Å². The first-order valence-corrected chi connectivity index (χ1v) is 5.51. The molecule has 0 bridgehead atoms. The zero-order chi connectivity index (χ0) is 12.7. The monoisotopic (exact) mass is 247 g/mol. The molecule has 7 nitrogen and oxygen atoms in total. The summed E-state index contributed by atoms with van der Waals surface area (Å²) < 4.78 is 10.9. The van der Waals surface area contributed by atoms with Crippen LogP contribution < -0.4 is 5.32 Å². The Morgan fingerprint density at radius 2 is 1.47 bits per heavy atom. The molecule has 98 valence electrons. The summed E-state index contributed by atoms with van der Waals surface area (Å²) >= 11 is 0. The number of nitrogens with one attached hydrogen (secondary N) is 1. The van der Waals surface area contributed by atoms with Gasteiger partial charge in [0.15, 0.2) is 6.29 Å². The molecule has 2 heterocycles. The van der Waals surface area contributed by atoms with Crippen molar-refractivity contribution < 1.29 is 29.3 Å². The SMILES string of the molecule is C1CC(C2OCCO2)CCN1.O=C(O)C(=O)O. The van der Waals surface area contributed by atoms with Crippen molar-refractivity contribution in [3.8, 4) is 0 Å². The van der Waals surface area contributed by atoms with Crippen LogP contribution in [0.3, 0.4) is 0 Å². The normalized spacial score (nSPS) is 21.6. The number of piperidine rings is 1. The van der Waals surface area contributed by atoms with E-state index in [1.807, 2.05) is 0 Å². The molecule has 2 aliphatic heterocycles. The molecule has 17 heavy (non-hydrogen) atoms. The maximum absolute atomic E-state index is 9.10. The number of aliphatic carboxylic acids is 2. The van der Waals surface area contributed by atoms with E-state index in [-0.39, 0.29) is 6.29 Å². The second kappa shape index (κ2) is 7.21. The molecule has 7 heteroatoms. The lowest BCUT2D eigenvalue weighted by atomic mass is 9.98. The van der Waals surface area contributed by atoms with Gasteiger partial charge in [0.2, 0.25) is 0 Å². The average Bonchev–Trinajstić information content (AvgIpc) is 2.84. The third-order valence-corrected chi connectivity index (χ3v) is 2.60. The van der Waals surface area contributed by atoms with Gasteiger partial charge in [-0.25, -0.2) is 9.59 Å². The highest BCUT2D eigenvalue weighted by atomic mass is 16.7. The second-order valence-electron chi connectivity index (χ2n) is 3.81. The van der Waals surface area contributed by atoms with Crippen LogP contribution in [-0.4, -0.2) is 54.7 Å². The van der Waals surface area contributed by atoms with Crippen LogP contribution in [0.5, 0.6) is 0 Å². The lowest BCUT2D eigenvalue weighted by Crippen LogP contribution is -2.34. The van der Waals surface area contributed by atoms with Gasteiger partial charge < -0.3 is 25.0 Å². The molecule has 0 saturated carbocycles. The van der Waals surface area contributed by atoms with Crippen molar-refractivity contribution in [2.24, 2.45) is 5.92 Å². The Morgan fingerprint density at radius 1 is 1.00 bits per heavy atom. The van der Waals surface area contributed by atoms with E-state index in [1.165, 1.54) is 12.8 Å². The van der Waals surface area contributed by atoms with E-state index in [0.29, 0.717) is 5.92 Å². The highest BCUT2D eigenvalue weighted by Crippen LogP contribution is 2.22. The number of hydrogen-bond donors (Lipinski definition) is 3. The molecule has 2 fully saturated rings. The van der Waals surface area contributed by atoms with E-state index >= 15 is 0 Å². The van der Waals surface area contributed by atoms with Crippen molar-refractivity contribution in [3.63, 3.8) is 0 Å². The summed E-state index contributed by atoms with van der Waals surface area (Å²) in [5.74, 6) is -3.01. The van der Waals surface area contributed by atoms with Gasteiger partial charge in [0.05, 0.1) is 13.2 Å². The van der Waals surface area contributed by atoms with E-state index in [1.54, 1.807) is 0 Å². The third kappa shape index (κ3) is 5.12. The molecular formula is C10H17NO6. The van der Waals surface area contributed by atoms with Gasteiger partial charge in [0, 0.05) is 5.92 Å². The zero-order valence-electron chi connectivity index (χ0n) is 9.42. The molecule has 0 aromatic carbocycles. The van der Waals surface area contributed by atoms with Crippen LogP contribution in [0.4, 0.5) is 0 Å². The van der Waals surface area contributed by atoms with Crippen LogP contribution in [0, 0.1) is 5.92 Å². The first kappa shape index (κ1) is 13.9. The van der Waals surface area contributed by atoms with Crippen molar-refractivity contribution >= 4 is 11.9 Å². The molecule has 0 aromatic heterocycles. The number of ether oxygens (including phenoxy) is 2. The first-order valence-electron chi connectivity index (χ1n) is 5.51. The number of hydrogen-bond acceptors (Lipinski definition) is 5. The molecule has 2 aliphatic rings. The van der Waals surface area contributed by atoms with Crippen LogP contribution in [-0.2, 0) is 19.1 Å². The fraction of sp³-hybridized carbons (Fsp3) is 0.800. The summed E-state index contributed by atoms with van der Waals surface area (Å²) in [6.07, 6.45) is 2.51. The minimum Gasteiger partial charge on any atom is -0.473 e. The van der Waals surface area contributed by atoms with Crippen molar-refractivity contribution in [1.29, 1.82) is 0 Å². The van der Waals surface area contributed by atoms with E-state index in [2.05, 4.69) is 5.32 Å². The molecular weight excluding hydrogens is 230 g/mol. The van der Waals surface area contributed by atoms with Gasteiger partial charge in [-0.15, -0.1) is 0 Å². The van der Waals surface area contributed by atoms with Gasteiger partial charge in [0.1, 0.15) is 0 Å². The average molecular weight is 247 g/mol. The van der Waals surface area contributed by atoms with Crippen molar-refractivity contribution in [2.45, 2.75) is 19.1 Å². The Morgan fingerprint density at radius 3 is 1.88 bits per heavy atom. The molecule has 0 atom stereocenters. The summed E-state index contributed by atoms with van der Waals surface area (Å²) in [6.45, 7) is 3.81. The lowest BCUT2D eigenvalue weighted by Gasteiger charge is -2.26. The van der Waals surface area contributed by atoms with Crippen LogP contribution in [0.2, 0.25) is 0 Å². The van der Waals surface area contributed by atoms with Gasteiger partial charge in [-0.3, -0.25) is 0 Å². The Kier molecular flexibility index (Phi) is 5.88. The minimum atomic E-state index is -1.82. The molecule has 2 saturated heterocycles. The van der Waals surface area contributed by atoms with Crippen LogP contribution >= 0.6 is 0 Å². The van der Waals surface area contributed by atoms with Crippen molar-refractivity contribution in [3.05, 3.63) is 0 Å². The molecule has 0 radical (unpaired) electrons. The fourth-order valence-corrected chi connectivity index (χ4v) is 1.77. The standard InChI is InChI=1S/C8H15NO2.C2H2O4/c1-3-9-4-2-7(1)8-10-5-6-11-8;3-1(4)2(5)6/h7-9H,1-6H2;(H,3,4)(H,5,6). The highest BCUT2D eigenvalue weighted by Gasteiger charge is 2.27. The highest BCUT2D eigenvalue weighted by molar-refractivity contribution is 6.27. The molecule has 2 rings (SSSR count). The fourth-order valence-electron chi connectivity index (χ4n) is 1.77. The number of carboxylic acids is 2. The van der Waals surface area contributed by atoms with Gasteiger partial charge in [0.25, 0.3) is 0 Å². The maximum atomic E-state index is 9.10. The summed E-state index contributed by atoms with van der Waals surface area (Å²) in [6, 6.07) is 0. The third-order valence-electron chi connectivity index (χ3n) is 2.60. The lowest BCUT2D eigenvalue weighted by molar-refractivity contribution is -0.159.